The van der Waals surface area contributed by atoms with E-state index in [2.05, 4.69) is 10.6 Å². The molecule has 0 aromatic carbocycles. The van der Waals surface area contributed by atoms with Gasteiger partial charge in [-0.1, -0.05) is 0 Å². The van der Waals surface area contributed by atoms with Crippen molar-refractivity contribution >= 4 is 31.5 Å². The third-order valence-electron chi connectivity index (χ3n) is 2.20. The molecule has 2 amide bonds. The summed E-state index contributed by atoms with van der Waals surface area (Å²) in [6.45, 7) is 0. The molecule has 1 aliphatic rings. The molecule has 0 saturated carbocycles. The van der Waals surface area contributed by atoms with Crippen molar-refractivity contribution in [3.8, 4) is 0 Å². The summed E-state index contributed by atoms with van der Waals surface area (Å²) in [6, 6.07) is -2.35. The molecule has 104 valence electrons. The first-order valence-corrected chi connectivity index (χ1v) is 9.06. The van der Waals surface area contributed by atoms with E-state index in [9.17, 15) is 26.4 Å². The van der Waals surface area contributed by atoms with Gasteiger partial charge in [0.2, 0.25) is 11.8 Å². The van der Waals surface area contributed by atoms with Crippen molar-refractivity contribution in [1.82, 2.24) is 10.6 Å². The maximum absolute atomic E-state index is 11.5. The molecule has 8 nitrogen and oxygen atoms in total. The number of hydrogen-bond donors (Lipinski definition) is 2. The highest BCUT2D eigenvalue weighted by Crippen LogP contribution is 2.02. The standard InChI is InChI=1S/C8H14N2O6S2/c1-17(13,14)3-5-7(11)10-6(8(12)9-5)4-18(2,15)16/h5-6H,3-4H2,1-2H3,(H,9,12)(H,10,11). The molecule has 0 radical (unpaired) electrons. The largest absolute Gasteiger partial charge is 0.342 e. The number of piperazine rings is 1. The molecular formula is C8H14N2O6S2. The second-order valence-corrected chi connectivity index (χ2v) is 8.68. The molecule has 0 aromatic rings. The van der Waals surface area contributed by atoms with Crippen molar-refractivity contribution in [3.63, 3.8) is 0 Å². The molecule has 2 N–H and O–H groups in total. The number of carbonyl (C=O) groups is 2. The van der Waals surface area contributed by atoms with Gasteiger partial charge in [0.25, 0.3) is 0 Å². The Morgan fingerprint density at radius 3 is 1.33 bits per heavy atom. The molecule has 0 bridgehead atoms. The summed E-state index contributed by atoms with van der Waals surface area (Å²) in [4.78, 5) is 23.1. The Bertz CT molecular complexity index is 512. The predicted molar refractivity (Wildman–Crippen MR) is 63.3 cm³/mol. The molecule has 2 atom stereocenters. The smallest absolute Gasteiger partial charge is 0.244 e. The average Bonchev–Trinajstić information content (AvgIpc) is 2.08. The number of nitrogens with one attached hydrogen (secondary N) is 2. The van der Waals surface area contributed by atoms with Crippen LogP contribution in [-0.4, -0.2) is 64.8 Å². The van der Waals surface area contributed by atoms with Crippen molar-refractivity contribution in [3.05, 3.63) is 0 Å². The van der Waals surface area contributed by atoms with E-state index in [1.165, 1.54) is 0 Å². The molecule has 2 unspecified atom stereocenters. The van der Waals surface area contributed by atoms with Crippen LogP contribution in [0.1, 0.15) is 0 Å². The Hall–Kier alpha value is -1.16. The molecule has 0 aliphatic carbocycles. The summed E-state index contributed by atoms with van der Waals surface area (Å²) in [6.07, 6.45) is 1.88. The summed E-state index contributed by atoms with van der Waals surface area (Å²) in [7, 11) is -6.85. The maximum atomic E-state index is 11.5. The number of sulfone groups is 2. The van der Waals surface area contributed by atoms with E-state index in [1.807, 2.05) is 0 Å². The molecule has 1 rings (SSSR count). The number of rotatable bonds is 4. The third kappa shape index (κ3) is 4.61. The lowest BCUT2D eigenvalue weighted by molar-refractivity contribution is -0.135. The average molecular weight is 298 g/mol. The number of hydrogen-bond acceptors (Lipinski definition) is 6. The molecule has 1 saturated heterocycles. The lowest BCUT2D eigenvalue weighted by Crippen LogP contribution is -2.64. The number of amides is 2. The predicted octanol–water partition coefficient (Wildman–Crippen LogP) is -2.94. The normalized spacial score (nSPS) is 25.4. The monoisotopic (exact) mass is 298 g/mol. The van der Waals surface area contributed by atoms with E-state index in [-0.39, 0.29) is 0 Å². The lowest BCUT2D eigenvalue weighted by Gasteiger charge is -2.28. The van der Waals surface area contributed by atoms with Crippen LogP contribution in [0.25, 0.3) is 0 Å². The lowest BCUT2D eigenvalue weighted by atomic mass is 10.2. The Morgan fingerprint density at radius 2 is 1.11 bits per heavy atom. The van der Waals surface area contributed by atoms with Gasteiger partial charge in [-0.15, -0.1) is 0 Å². The molecular weight excluding hydrogens is 284 g/mol. The quantitative estimate of drug-likeness (QED) is 0.572. The maximum Gasteiger partial charge on any atom is 0.244 e. The van der Waals surface area contributed by atoms with Gasteiger partial charge in [0, 0.05) is 12.5 Å². The zero-order chi connectivity index (χ0) is 14.1. The van der Waals surface area contributed by atoms with E-state index in [0.29, 0.717) is 0 Å². The third-order valence-corrected chi connectivity index (χ3v) is 4.08. The number of carbonyl (C=O) groups excluding carboxylic acids is 2. The van der Waals surface area contributed by atoms with Crippen LogP contribution in [0.3, 0.4) is 0 Å². The highest BCUT2D eigenvalue weighted by atomic mass is 32.2. The van der Waals surface area contributed by atoms with E-state index in [0.717, 1.165) is 12.5 Å². The van der Waals surface area contributed by atoms with Gasteiger partial charge in [-0.05, 0) is 0 Å². The first-order chi connectivity index (χ1) is 7.98. The van der Waals surface area contributed by atoms with Crippen LogP contribution < -0.4 is 10.6 Å². The second kappa shape index (κ2) is 4.84. The first kappa shape index (κ1) is 14.9. The van der Waals surface area contributed by atoms with Gasteiger partial charge in [0.15, 0.2) is 0 Å². The summed E-state index contributed by atoms with van der Waals surface area (Å²) >= 11 is 0. The van der Waals surface area contributed by atoms with Crippen molar-refractivity contribution in [2.45, 2.75) is 12.1 Å². The zero-order valence-corrected chi connectivity index (χ0v) is 11.5. The summed E-state index contributed by atoms with van der Waals surface area (Å²) in [5.74, 6) is -2.44. The molecule has 0 aromatic heterocycles. The molecule has 1 heterocycles. The van der Waals surface area contributed by atoms with Crippen molar-refractivity contribution in [2.24, 2.45) is 0 Å². The van der Waals surface area contributed by atoms with E-state index in [4.69, 9.17) is 0 Å². The zero-order valence-electron chi connectivity index (χ0n) is 9.83. The van der Waals surface area contributed by atoms with E-state index in [1.54, 1.807) is 0 Å². The Morgan fingerprint density at radius 1 is 0.833 bits per heavy atom. The Balaban J connectivity index is 2.77. The van der Waals surface area contributed by atoms with Crippen LogP contribution in [0, 0.1) is 0 Å². The van der Waals surface area contributed by atoms with Gasteiger partial charge in [0.1, 0.15) is 31.8 Å². The minimum absolute atomic E-state index is 0.518. The van der Waals surface area contributed by atoms with Crippen molar-refractivity contribution in [1.29, 1.82) is 0 Å². The minimum atomic E-state index is -3.43. The molecule has 1 fully saturated rings. The Kier molecular flexibility index (Phi) is 4.01. The van der Waals surface area contributed by atoms with Gasteiger partial charge in [0.05, 0.1) is 11.5 Å². The highest BCUT2D eigenvalue weighted by Gasteiger charge is 2.36. The van der Waals surface area contributed by atoms with Gasteiger partial charge in [-0.3, -0.25) is 9.59 Å². The fourth-order valence-corrected chi connectivity index (χ4v) is 3.20. The van der Waals surface area contributed by atoms with Crippen molar-refractivity contribution < 1.29 is 26.4 Å². The van der Waals surface area contributed by atoms with E-state index >= 15 is 0 Å². The van der Waals surface area contributed by atoms with Crippen LogP contribution in [0.2, 0.25) is 0 Å². The molecule has 10 heteroatoms. The fourth-order valence-electron chi connectivity index (χ4n) is 1.52. The second-order valence-electron chi connectivity index (χ2n) is 4.31. The summed E-state index contributed by atoms with van der Waals surface area (Å²) in [5, 5.41) is 4.40. The minimum Gasteiger partial charge on any atom is -0.342 e. The SMILES string of the molecule is CS(=O)(=O)CC1NC(=O)C(CS(C)(=O)=O)NC1=O. The molecule has 1 aliphatic heterocycles. The van der Waals surface area contributed by atoms with Gasteiger partial charge >= 0.3 is 0 Å². The summed E-state index contributed by atoms with van der Waals surface area (Å²) < 4.78 is 44.1. The van der Waals surface area contributed by atoms with Gasteiger partial charge in [-0.25, -0.2) is 16.8 Å². The fraction of sp³-hybridized carbons (Fsp3) is 0.750. The van der Waals surface area contributed by atoms with Crippen LogP contribution >= 0.6 is 0 Å². The van der Waals surface area contributed by atoms with Gasteiger partial charge in [-0.2, -0.15) is 0 Å². The molecule has 18 heavy (non-hydrogen) atoms. The van der Waals surface area contributed by atoms with Crippen molar-refractivity contribution in [2.75, 3.05) is 24.0 Å². The van der Waals surface area contributed by atoms with Crippen LogP contribution in [0.5, 0.6) is 0 Å². The van der Waals surface area contributed by atoms with Crippen LogP contribution in [0.15, 0.2) is 0 Å². The summed E-state index contributed by atoms with van der Waals surface area (Å²) in [5.41, 5.74) is 0. The van der Waals surface area contributed by atoms with Crippen LogP contribution in [-0.2, 0) is 29.3 Å². The highest BCUT2D eigenvalue weighted by molar-refractivity contribution is 7.91. The van der Waals surface area contributed by atoms with Gasteiger partial charge < -0.3 is 10.6 Å². The molecule has 0 spiro atoms. The van der Waals surface area contributed by atoms with Crippen LogP contribution in [0.4, 0.5) is 0 Å². The first-order valence-electron chi connectivity index (χ1n) is 4.94. The van der Waals surface area contributed by atoms with E-state index < -0.39 is 55.1 Å². The topological polar surface area (TPSA) is 126 Å². The Labute approximate surface area is 105 Å².